The lowest BCUT2D eigenvalue weighted by molar-refractivity contribution is 0.251. The number of carbonyl (C=O) groups is 1. The van der Waals surface area contributed by atoms with Crippen molar-refractivity contribution in [3.05, 3.63) is 90.5 Å². The standard InChI is InChI=1S/C21H19N5O/c27-21(25-20-10-9-18-3-1-2-4-19(18)11-20)23-12-16-5-7-17(8-6-16)13-26-15-22-14-24-26/h1-11,14-15H,12-13H2,(H2,23,25,27). The van der Waals surface area contributed by atoms with Crippen LogP contribution >= 0.6 is 0 Å². The number of anilines is 1. The third-order valence-electron chi connectivity index (χ3n) is 4.29. The lowest BCUT2D eigenvalue weighted by Crippen LogP contribution is -2.28. The Balaban J connectivity index is 1.31. The zero-order valence-corrected chi connectivity index (χ0v) is 14.7. The van der Waals surface area contributed by atoms with Crippen LogP contribution in [-0.4, -0.2) is 20.8 Å². The van der Waals surface area contributed by atoms with Crippen LogP contribution in [0.2, 0.25) is 0 Å². The Hall–Kier alpha value is -3.67. The van der Waals surface area contributed by atoms with Gasteiger partial charge in [0.05, 0.1) is 6.54 Å². The van der Waals surface area contributed by atoms with Crippen LogP contribution in [0.3, 0.4) is 0 Å². The minimum atomic E-state index is -0.225. The number of urea groups is 1. The van der Waals surface area contributed by atoms with Gasteiger partial charge >= 0.3 is 6.03 Å². The van der Waals surface area contributed by atoms with E-state index in [4.69, 9.17) is 0 Å². The number of benzene rings is 3. The van der Waals surface area contributed by atoms with Gasteiger partial charge < -0.3 is 10.6 Å². The monoisotopic (exact) mass is 357 g/mol. The fourth-order valence-corrected chi connectivity index (χ4v) is 2.89. The predicted molar refractivity (Wildman–Crippen MR) is 105 cm³/mol. The Bertz CT molecular complexity index is 1040. The Kier molecular flexibility index (Phi) is 4.78. The molecule has 134 valence electrons. The molecule has 0 aliphatic heterocycles. The predicted octanol–water partition coefficient (Wildman–Crippen LogP) is 3.80. The first-order valence-electron chi connectivity index (χ1n) is 8.70. The highest BCUT2D eigenvalue weighted by atomic mass is 16.2. The molecule has 0 unspecified atom stereocenters. The normalized spacial score (nSPS) is 10.7. The zero-order chi connectivity index (χ0) is 18.5. The van der Waals surface area contributed by atoms with Gasteiger partial charge in [0.25, 0.3) is 0 Å². The number of hydrogen-bond donors (Lipinski definition) is 2. The third kappa shape index (κ3) is 4.30. The highest BCUT2D eigenvalue weighted by molar-refractivity contribution is 5.93. The van der Waals surface area contributed by atoms with Crippen molar-refractivity contribution in [1.29, 1.82) is 0 Å². The molecule has 2 N–H and O–H groups in total. The molecule has 0 bridgehead atoms. The fraction of sp³-hybridized carbons (Fsp3) is 0.0952. The number of nitrogens with one attached hydrogen (secondary N) is 2. The maximum absolute atomic E-state index is 12.2. The van der Waals surface area contributed by atoms with Crippen LogP contribution in [0.5, 0.6) is 0 Å². The molecule has 2 amide bonds. The summed E-state index contributed by atoms with van der Waals surface area (Å²) in [5.74, 6) is 0. The number of fused-ring (bicyclic) bond motifs is 1. The lowest BCUT2D eigenvalue weighted by atomic mass is 10.1. The van der Waals surface area contributed by atoms with Crippen molar-refractivity contribution < 1.29 is 4.79 Å². The number of carbonyl (C=O) groups excluding carboxylic acids is 1. The largest absolute Gasteiger partial charge is 0.334 e. The van der Waals surface area contributed by atoms with Gasteiger partial charge in [-0.15, -0.1) is 0 Å². The summed E-state index contributed by atoms with van der Waals surface area (Å²) in [6.45, 7) is 1.14. The quantitative estimate of drug-likeness (QED) is 0.571. The van der Waals surface area contributed by atoms with Crippen molar-refractivity contribution in [3.8, 4) is 0 Å². The van der Waals surface area contributed by atoms with Gasteiger partial charge in [0.1, 0.15) is 12.7 Å². The SMILES string of the molecule is O=C(NCc1ccc(Cn2cncn2)cc1)Nc1ccc2ccccc2c1. The molecule has 1 heterocycles. The van der Waals surface area contributed by atoms with E-state index in [1.807, 2.05) is 66.7 Å². The summed E-state index contributed by atoms with van der Waals surface area (Å²) in [4.78, 5) is 16.1. The second kappa shape index (κ2) is 7.70. The van der Waals surface area contributed by atoms with E-state index in [0.717, 1.165) is 27.6 Å². The van der Waals surface area contributed by atoms with Crippen LogP contribution in [0.15, 0.2) is 79.4 Å². The summed E-state index contributed by atoms with van der Waals surface area (Å²) in [6, 6.07) is 21.8. The highest BCUT2D eigenvalue weighted by Gasteiger charge is 2.03. The molecule has 3 aromatic carbocycles. The zero-order valence-electron chi connectivity index (χ0n) is 14.7. The van der Waals surface area contributed by atoms with E-state index in [0.29, 0.717) is 13.1 Å². The van der Waals surface area contributed by atoms with Crippen molar-refractivity contribution >= 4 is 22.5 Å². The highest BCUT2D eigenvalue weighted by Crippen LogP contribution is 2.18. The maximum atomic E-state index is 12.2. The lowest BCUT2D eigenvalue weighted by Gasteiger charge is -2.09. The first kappa shape index (κ1) is 16.8. The molecular weight excluding hydrogens is 338 g/mol. The average Bonchev–Trinajstić information content (AvgIpc) is 3.20. The van der Waals surface area contributed by atoms with Gasteiger partial charge in [-0.1, -0.05) is 54.6 Å². The van der Waals surface area contributed by atoms with Gasteiger partial charge in [0.15, 0.2) is 0 Å². The molecular formula is C21H19N5O. The van der Waals surface area contributed by atoms with Crippen LogP contribution < -0.4 is 10.6 Å². The Morgan fingerprint density at radius 1 is 0.926 bits per heavy atom. The number of amides is 2. The number of rotatable bonds is 5. The summed E-state index contributed by atoms with van der Waals surface area (Å²) < 4.78 is 1.77. The molecule has 6 heteroatoms. The Morgan fingerprint density at radius 2 is 1.70 bits per heavy atom. The van der Waals surface area contributed by atoms with E-state index in [1.54, 1.807) is 11.0 Å². The molecule has 4 aromatic rings. The van der Waals surface area contributed by atoms with Crippen molar-refractivity contribution in [2.75, 3.05) is 5.32 Å². The molecule has 0 spiro atoms. The van der Waals surface area contributed by atoms with Gasteiger partial charge in [0.2, 0.25) is 0 Å². The summed E-state index contributed by atoms with van der Waals surface area (Å²) >= 11 is 0. The van der Waals surface area contributed by atoms with Crippen molar-refractivity contribution in [2.24, 2.45) is 0 Å². The first-order chi connectivity index (χ1) is 13.3. The summed E-state index contributed by atoms with van der Waals surface area (Å²) in [6.07, 6.45) is 3.21. The molecule has 1 aromatic heterocycles. The minimum Gasteiger partial charge on any atom is -0.334 e. The number of nitrogens with zero attached hydrogens (tertiary/aromatic N) is 3. The third-order valence-corrected chi connectivity index (χ3v) is 4.29. The average molecular weight is 357 g/mol. The molecule has 0 radical (unpaired) electrons. The van der Waals surface area contributed by atoms with Gasteiger partial charge in [-0.3, -0.25) is 0 Å². The van der Waals surface area contributed by atoms with Crippen LogP contribution in [0.1, 0.15) is 11.1 Å². The van der Waals surface area contributed by atoms with E-state index in [2.05, 4.69) is 20.7 Å². The fourth-order valence-electron chi connectivity index (χ4n) is 2.89. The van der Waals surface area contributed by atoms with E-state index in [9.17, 15) is 4.79 Å². The van der Waals surface area contributed by atoms with Crippen LogP contribution in [0.25, 0.3) is 10.8 Å². The van der Waals surface area contributed by atoms with Gasteiger partial charge in [0, 0.05) is 12.2 Å². The molecule has 6 nitrogen and oxygen atoms in total. The second-order valence-electron chi connectivity index (χ2n) is 6.28. The number of hydrogen-bond acceptors (Lipinski definition) is 3. The summed E-state index contributed by atoms with van der Waals surface area (Å²) in [5, 5.41) is 12.1. The second-order valence-corrected chi connectivity index (χ2v) is 6.28. The molecule has 0 saturated heterocycles. The Labute approximate surface area is 156 Å². The smallest absolute Gasteiger partial charge is 0.319 e. The molecule has 0 aliphatic rings. The number of aromatic nitrogens is 3. The van der Waals surface area contributed by atoms with Crippen molar-refractivity contribution in [3.63, 3.8) is 0 Å². The molecule has 0 saturated carbocycles. The first-order valence-corrected chi connectivity index (χ1v) is 8.70. The topological polar surface area (TPSA) is 71.8 Å². The van der Waals surface area contributed by atoms with E-state index >= 15 is 0 Å². The summed E-state index contributed by atoms with van der Waals surface area (Å²) in [5.41, 5.74) is 2.94. The van der Waals surface area contributed by atoms with Crippen molar-refractivity contribution in [2.45, 2.75) is 13.1 Å². The minimum absolute atomic E-state index is 0.225. The van der Waals surface area contributed by atoms with E-state index in [1.165, 1.54) is 6.33 Å². The molecule has 0 aliphatic carbocycles. The van der Waals surface area contributed by atoms with Crippen molar-refractivity contribution in [1.82, 2.24) is 20.1 Å². The molecule has 0 atom stereocenters. The molecule has 0 fully saturated rings. The van der Waals surface area contributed by atoms with Gasteiger partial charge in [-0.2, -0.15) is 5.10 Å². The van der Waals surface area contributed by atoms with Crippen LogP contribution in [0.4, 0.5) is 10.5 Å². The Morgan fingerprint density at radius 3 is 2.48 bits per heavy atom. The van der Waals surface area contributed by atoms with E-state index < -0.39 is 0 Å². The van der Waals surface area contributed by atoms with Gasteiger partial charge in [-0.25, -0.2) is 14.5 Å². The molecule has 27 heavy (non-hydrogen) atoms. The summed E-state index contributed by atoms with van der Waals surface area (Å²) in [7, 11) is 0. The van der Waals surface area contributed by atoms with Gasteiger partial charge in [-0.05, 0) is 34.0 Å². The van der Waals surface area contributed by atoms with E-state index in [-0.39, 0.29) is 6.03 Å². The maximum Gasteiger partial charge on any atom is 0.319 e. The van der Waals surface area contributed by atoms with Crippen LogP contribution in [-0.2, 0) is 13.1 Å². The molecule has 4 rings (SSSR count). The van der Waals surface area contributed by atoms with Crippen LogP contribution in [0, 0.1) is 0 Å².